The van der Waals surface area contributed by atoms with Crippen LogP contribution in [0.1, 0.15) is 37.7 Å². The van der Waals surface area contributed by atoms with Gasteiger partial charge in [-0.3, -0.25) is 9.59 Å². The van der Waals surface area contributed by atoms with Crippen LogP contribution in [-0.2, 0) is 6.61 Å². The maximum absolute atomic E-state index is 13.0. The number of aryl methyl sites for hydroxylation is 1. The molecule has 0 aliphatic carbocycles. The monoisotopic (exact) mass is 430 g/mol. The SMILES string of the molecule is Cc1cc(C(=O)N2CCN(C(=O)c3cccc(COc4cccc(C#N)c4)c3)CC2)on1. The van der Waals surface area contributed by atoms with Gasteiger partial charge in [0, 0.05) is 37.8 Å². The zero-order chi connectivity index (χ0) is 22.5. The molecule has 8 heteroatoms. The first kappa shape index (κ1) is 21.1. The molecule has 2 heterocycles. The molecule has 2 aromatic carbocycles. The van der Waals surface area contributed by atoms with Gasteiger partial charge in [0.1, 0.15) is 12.4 Å². The van der Waals surface area contributed by atoms with E-state index in [9.17, 15) is 9.59 Å². The topological polar surface area (TPSA) is 99.7 Å². The van der Waals surface area contributed by atoms with E-state index in [4.69, 9.17) is 14.5 Å². The number of hydrogen-bond acceptors (Lipinski definition) is 6. The minimum atomic E-state index is -0.211. The molecule has 1 aliphatic rings. The highest BCUT2D eigenvalue weighted by atomic mass is 16.5. The summed E-state index contributed by atoms with van der Waals surface area (Å²) >= 11 is 0. The molecule has 1 aliphatic heterocycles. The molecule has 0 bridgehead atoms. The van der Waals surface area contributed by atoms with Crippen LogP contribution in [-0.4, -0.2) is 52.9 Å². The lowest BCUT2D eigenvalue weighted by molar-refractivity contribution is 0.0512. The lowest BCUT2D eigenvalue weighted by Gasteiger charge is -2.34. The van der Waals surface area contributed by atoms with Gasteiger partial charge in [0.15, 0.2) is 0 Å². The van der Waals surface area contributed by atoms with E-state index in [-0.39, 0.29) is 24.2 Å². The fourth-order valence-electron chi connectivity index (χ4n) is 3.53. The van der Waals surface area contributed by atoms with Crippen LogP contribution >= 0.6 is 0 Å². The van der Waals surface area contributed by atoms with Crippen LogP contribution in [0.15, 0.2) is 59.1 Å². The molecule has 1 saturated heterocycles. The maximum Gasteiger partial charge on any atom is 0.292 e. The third-order valence-electron chi connectivity index (χ3n) is 5.24. The van der Waals surface area contributed by atoms with Crippen molar-refractivity contribution in [2.24, 2.45) is 0 Å². The Morgan fingerprint density at radius 3 is 2.44 bits per heavy atom. The standard InChI is InChI=1S/C24H22N4O4/c1-17-12-22(32-26-17)24(30)28-10-8-27(9-11-28)23(29)20-6-2-5-19(13-20)16-31-21-7-3-4-18(14-21)15-25/h2-7,12-14H,8-11,16H2,1H3. The molecule has 4 rings (SSSR count). The minimum absolute atomic E-state index is 0.0825. The van der Waals surface area contributed by atoms with E-state index in [0.717, 1.165) is 5.56 Å². The number of ether oxygens (including phenoxy) is 1. The van der Waals surface area contributed by atoms with Crippen molar-refractivity contribution in [1.82, 2.24) is 15.0 Å². The second-order valence-corrected chi connectivity index (χ2v) is 7.55. The fourth-order valence-corrected chi connectivity index (χ4v) is 3.53. The second-order valence-electron chi connectivity index (χ2n) is 7.55. The summed E-state index contributed by atoms with van der Waals surface area (Å²) in [6, 6.07) is 17.9. The quantitative estimate of drug-likeness (QED) is 0.617. The number of benzene rings is 2. The first-order chi connectivity index (χ1) is 15.5. The molecule has 0 N–H and O–H groups in total. The Hall–Kier alpha value is -4.12. The summed E-state index contributed by atoms with van der Waals surface area (Å²) in [7, 11) is 0. The predicted octanol–water partition coefficient (Wildman–Crippen LogP) is 3.03. The number of piperazine rings is 1. The molecule has 3 aromatic rings. The normalized spacial score (nSPS) is 13.5. The number of aromatic nitrogens is 1. The second kappa shape index (κ2) is 9.35. The molecule has 1 fully saturated rings. The molecule has 2 amide bonds. The average Bonchev–Trinajstić information content (AvgIpc) is 3.28. The Balaban J connectivity index is 1.34. The first-order valence-electron chi connectivity index (χ1n) is 10.3. The molecule has 162 valence electrons. The Morgan fingerprint density at radius 1 is 1.03 bits per heavy atom. The number of rotatable bonds is 5. The highest BCUT2D eigenvalue weighted by molar-refractivity contribution is 5.95. The van der Waals surface area contributed by atoms with E-state index in [1.165, 1.54) is 0 Å². The molecule has 0 unspecified atom stereocenters. The lowest BCUT2D eigenvalue weighted by atomic mass is 10.1. The Labute approximate surface area is 185 Å². The molecular weight excluding hydrogens is 408 g/mol. The number of amides is 2. The summed E-state index contributed by atoms with van der Waals surface area (Å²) in [5.41, 5.74) is 2.61. The van der Waals surface area contributed by atoms with Crippen molar-refractivity contribution >= 4 is 11.8 Å². The number of hydrogen-bond donors (Lipinski definition) is 0. The van der Waals surface area contributed by atoms with Crippen LogP contribution in [0.25, 0.3) is 0 Å². The number of carbonyl (C=O) groups is 2. The van der Waals surface area contributed by atoms with E-state index in [2.05, 4.69) is 11.2 Å². The van der Waals surface area contributed by atoms with Gasteiger partial charge in [-0.2, -0.15) is 5.26 Å². The van der Waals surface area contributed by atoms with Crippen LogP contribution in [0.2, 0.25) is 0 Å². The van der Waals surface area contributed by atoms with Gasteiger partial charge in [0.05, 0.1) is 17.3 Å². The molecule has 0 radical (unpaired) electrons. The first-order valence-corrected chi connectivity index (χ1v) is 10.3. The van der Waals surface area contributed by atoms with Crippen LogP contribution in [0, 0.1) is 18.3 Å². The predicted molar refractivity (Wildman–Crippen MR) is 115 cm³/mol. The van der Waals surface area contributed by atoms with E-state index in [0.29, 0.717) is 48.7 Å². The van der Waals surface area contributed by atoms with Gasteiger partial charge in [0.25, 0.3) is 11.8 Å². The van der Waals surface area contributed by atoms with E-state index in [1.807, 2.05) is 18.2 Å². The summed E-state index contributed by atoms with van der Waals surface area (Å²) in [6.07, 6.45) is 0. The van der Waals surface area contributed by atoms with Crippen LogP contribution < -0.4 is 4.74 Å². The van der Waals surface area contributed by atoms with Gasteiger partial charge < -0.3 is 19.1 Å². The van der Waals surface area contributed by atoms with Gasteiger partial charge in [-0.25, -0.2) is 0 Å². The highest BCUT2D eigenvalue weighted by Gasteiger charge is 2.27. The third-order valence-corrected chi connectivity index (χ3v) is 5.24. The van der Waals surface area contributed by atoms with Crippen molar-refractivity contribution in [3.05, 3.63) is 82.7 Å². The maximum atomic E-state index is 13.0. The van der Waals surface area contributed by atoms with Crippen molar-refractivity contribution in [3.8, 4) is 11.8 Å². The van der Waals surface area contributed by atoms with Gasteiger partial charge in [-0.15, -0.1) is 0 Å². The molecular formula is C24H22N4O4. The summed E-state index contributed by atoms with van der Waals surface area (Å²) in [6.45, 7) is 3.80. The summed E-state index contributed by atoms with van der Waals surface area (Å²) in [5, 5.41) is 12.8. The molecule has 32 heavy (non-hydrogen) atoms. The largest absolute Gasteiger partial charge is 0.489 e. The average molecular weight is 430 g/mol. The molecule has 0 saturated carbocycles. The fraction of sp³-hybridized carbons (Fsp3) is 0.250. The Morgan fingerprint density at radius 2 is 1.75 bits per heavy atom. The van der Waals surface area contributed by atoms with Crippen LogP contribution in [0.4, 0.5) is 0 Å². The van der Waals surface area contributed by atoms with Crippen molar-refractivity contribution in [3.63, 3.8) is 0 Å². The highest BCUT2D eigenvalue weighted by Crippen LogP contribution is 2.17. The summed E-state index contributed by atoms with van der Waals surface area (Å²) < 4.78 is 10.8. The van der Waals surface area contributed by atoms with Crippen LogP contribution in [0.3, 0.4) is 0 Å². The number of carbonyl (C=O) groups excluding carboxylic acids is 2. The molecule has 0 spiro atoms. The van der Waals surface area contributed by atoms with Crippen molar-refractivity contribution < 1.29 is 18.8 Å². The molecule has 1 aromatic heterocycles. The summed E-state index contributed by atoms with van der Waals surface area (Å²) in [5.74, 6) is 0.525. The van der Waals surface area contributed by atoms with Crippen molar-refractivity contribution in [1.29, 1.82) is 5.26 Å². The van der Waals surface area contributed by atoms with E-state index < -0.39 is 0 Å². The number of nitriles is 1. The minimum Gasteiger partial charge on any atom is -0.489 e. The van der Waals surface area contributed by atoms with E-state index in [1.54, 1.807) is 53.1 Å². The van der Waals surface area contributed by atoms with Gasteiger partial charge >= 0.3 is 0 Å². The zero-order valence-corrected chi connectivity index (χ0v) is 17.7. The number of nitrogens with zero attached hydrogens (tertiary/aromatic N) is 4. The van der Waals surface area contributed by atoms with Gasteiger partial charge in [-0.05, 0) is 42.8 Å². The van der Waals surface area contributed by atoms with Crippen molar-refractivity contribution in [2.45, 2.75) is 13.5 Å². The summed E-state index contributed by atoms with van der Waals surface area (Å²) in [4.78, 5) is 28.9. The lowest BCUT2D eigenvalue weighted by Crippen LogP contribution is -2.50. The molecule has 0 atom stereocenters. The van der Waals surface area contributed by atoms with Crippen molar-refractivity contribution in [2.75, 3.05) is 26.2 Å². The Kier molecular flexibility index (Phi) is 6.17. The van der Waals surface area contributed by atoms with Crippen LogP contribution in [0.5, 0.6) is 5.75 Å². The smallest absolute Gasteiger partial charge is 0.292 e. The van der Waals surface area contributed by atoms with E-state index >= 15 is 0 Å². The zero-order valence-electron chi connectivity index (χ0n) is 17.7. The third kappa shape index (κ3) is 4.78. The Bertz CT molecular complexity index is 1170. The van der Waals surface area contributed by atoms with Gasteiger partial charge in [-0.1, -0.05) is 23.4 Å². The van der Waals surface area contributed by atoms with Gasteiger partial charge in [0.2, 0.25) is 5.76 Å². The molecule has 8 nitrogen and oxygen atoms in total.